The smallest absolute Gasteiger partial charge is 0.285 e. The predicted octanol–water partition coefficient (Wildman–Crippen LogP) is 2.95. The molecule has 0 spiro atoms. The number of alkyl halides is 3. The fourth-order valence-corrected chi connectivity index (χ4v) is 5.17. The van der Waals surface area contributed by atoms with Crippen molar-refractivity contribution in [3.05, 3.63) is 47.4 Å². The minimum atomic E-state index is -4.51. The molecule has 1 fully saturated rings. The van der Waals surface area contributed by atoms with Crippen LogP contribution in [0.15, 0.2) is 30.6 Å². The second kappa shape index (κ2) is 8.87. The molecular formula is C21H23F3N6O3S. The number of rotatable bonds is 5. The first-order chi connectivity index (χ1) is 16.0. The zero-order valence-corrected chi connectivity index (χ0v) is 19.3. The lowest BCUT2D eigenvalue weighted by Crippen LogP contribution is -2.45. The molecule has 3 aromatic heterocycles. The van der Waals surface area contributed by atoms with Crippen LogP contribution in [0, 0.1) is 6.92 Å². The van der Waals surface area contributed by atoms with Crippen molar-refractivity contribution in [2.24, 2.45) is 7.05 Å². The molecule has 182 valence electrons. The number of hydrogen-bond donors (Lipinski definition) is 1. The minimum Gasteiger partial charge on any atom is -0.285 e. The van der Waals surface area contributed by atoms with E-state index in [-0.39, 0.29) is 11.0 Å². The zero-order chi connectivity index (χ0) is 24.7. The topological polar surface area (TPSA) is 102 Å². The molecule has 4 heterocycles. The Morgan fingerprint density at radius 1 is 1.21 bits per heavy atom. The van der Waals surface area contributed by atoms with E-state index in [2.05, 4.69) is 10.1 Å². The molecule has 1 aliphatic rings. The summed E-state index contributed by atoms with van der Waals surface area (Å²) < 4.78 is 70.3. The standard InChI is InChI=1S/C21H23F3N6O3S/c1-14-17(6-7-18(31)27-34(32,33)29-9-4-3-5-10-29)20(28(2)26-14)30-11-8-15-12-16(21(22,23)24)13-25-19(15)30/h6-8,11-13H,3-5,9-10H2,1-2H3,(H,27,31). The molecule has 1 aliphatic heterocycles. The summed E-state index contributed by atoms with van der Waals surface area (Å²) >= 11 is 0. The average Bonchev–Trinajstić information content (AvgIpc) is 3.30. The van der Waals surface area contributed by atoms with Crippen molar-refractivity contribution in [2.75, 3.05) is 13.1 Å². The fourth-order valence-electron chi connectivity index (χ4n) is 3.98. The van der Waals surface area contributed by atoms with E-state index in [0.717, 1.165) is 37.6 Å². The number of halogens is 3. The lowest BCUT2D eigenvalue weighted by Gasteiger charge is -2.25. The number of nitrogens with one attached hydrogen (secondary N) is 1. The Morgan fingerprint density at radius 3 is 2.59 bits per heavy atom. The van der Waals surface area contributed by atoms with E-state index in [4.69, 9.17) is 0 Å². The van der Waals surface area contributed by atoms with E-state index in [1.807, 2.05) is 4.72 Å². The first-order valence-corrected chi connectivity index (χ1v) is 12.0. The van der Waals surface area contributed by atoms with Gasteiger partial charge in [0.15, 0.2) is 0 Å². The number of aromatic nitrogens is 4. The SMILES string of the molecule is Cc1nn(C)c(-n2ccc3cc(C(F)(F)F)cnc32)c1C=CC(=O)NS(=O)(=O)N1CCCCC1. The van der Waals surface area contributed by atoms with Crippen molar-refractivity contribution in [3.63, 3.8) is 0 Å². The maximum Gasteiger partial charge on any atom is 0.417 e. The summed E-state index contributed by atoms with van der Waals surface area (Å²) in [5, 5.41) is 4.62. The van der Waals surface area contributed by atoms with Crippen LogP contribution in [0.2, 0.25) is 0 Å². The van der Waals surface area contributed by atoms with Gasteiger partial charge in [-0.15, -0.1) is 0 Å². The highest BCUT2D eigenvalue weighted by molar-refractivity contribution is 7.87. The molecule has 0 radical (unpaired) electrons. The van der Waals surface area contributed by atoms with Crippen LogP contribution >= 0.6 is 0 Å². The molecule has 4 rings (SSSR count). The number of fused-ring (bicyclic) bond motifs is 1. The second-order valence-electron chi connectivity index (χ2n) is 8.03. The minimum absolute atomic E-state index is 0.280. The lowest BCUT2D eigenvalue weighted by molar-refractivity contribution is -0.137. The Labute approximate surface area is 194 Å². The maximum absolute atomic E-state index is 13.0. The van der Waals surface area contributed by atoms with Gasteiger partial charge in [-0.1, -0.05) is 6.42 Å². The van der Waals surface area contributed by atoms with Crippen molar-refractivity contribution >= 4 is 33.2 Å². The second-order valence-corrected chi connectivity index (χ2v) is 9.70. The molecule has 0 aromatic carbocycles. The number of carbonyl (C=O) groups is 1. The monoisotopic (exact) mass is 496 g/mol. The van der Waals surface area contributed by atoms with E-state index in [0.29, 0.717) is 30.2 Å². The Balaban J connectivity index is 1.63. The summed E-state index contributed by atoms with van der Waals surface area (Å²) in [5.41, 5.74) is 0.454. The van der Waals surface area contributed by atoms with Gasteiger partial charge in [-0.25, -0.2) is 9.71 Å². The molecule has 0 atom stereocenters. The van der Waals surface area contributed by atoms with Crippen LogP contribution in [0.1, 0.15) is 36.1 Å². The molecular weight excluding hydrogens is 473 g/mol. The van der Waals surface area contributed by atoms with Gasteiger partial charge in [0.05, 0.1) is 11.3 Å². The highest BCUT2D eigenvalue weighted by atomic mass is 32.2. The zero-order valence-electron chi connectivity index (χ0n) is 18.5. The Bertz CT molecular complexity index is 1370. The molecule has 1 saturated heterocycles. The average molecular weight is 497 g/mol. The third-order valence-electron chi connectivity index (χ3n) is 5.61. The van der Waals surface area contributed by atoms with Gasteiger partial charge >= 0.3 is 16.4 Å². The van der Waals surface area contributed by atoms with Crippen LogP contribution in [0.3, 0.4) is 0 Å². The lowest BCUT2D eigenvalue weighted by atomic mass is 10.2. The highest BCUT2D eigenvalue weighted by Crippen LogP contribution is 2.32. The molecule has 13 heteroatoms. The van der Waals surface area contributed by atoms with Crippen molar-refractivity contribution in [1.29, 1.82) is 0 Å². The summed E-state index contributed by atoms with van der Waals surface area (Å²) in [7, 11) is -2.29. The van der Waals surface area contributed by atoms with E-state index < -0.39 is 27.9 Å². The number of nitrogens with zero attached hydrogens (tertiary/aromatic N) is 5. The summed E-state index contributed by atoms with van der Waals surface area (Å²) in [5.74, 6) is -0.354. The van der Waals surface area contributed by atoms with Gasteiger partial charge in [-0.3, -0.25) is 14.0 Å². The number of carbonyl (C=O) groups excluding carboxylic acids is 1. The van der Waals surface area contributed by atoms with Gasteiger partial charge in [0.25, 0.3) is 5.91 Å². The Morgan fingerprint density at radius 2 is 1.91 bits per heavy atom. The molecule has 34 heavy (non-hydrogen) atoms. The van der Waals surface area contributed by atoms with Crippen LogP contribution in [-0.4, -0.2) is 51.1 Å². The van der Waals surface area contributed by atoms with Crippen LogP contribution in [0.25, 0.3) is 22.9 Å². The van der Waals surface area contributed by atoms with Crippen molar-refractivity contribution in [2.45, 2.75) is 32.4 Å². The number of amides is 1. The van der Waals surface area contributed by atoms with Crippen LogP contribution in [0.4, 0.5) is 13.2 Å². The summed E-state index contributed by atoms with van der Waals surface area (Å²) in [6.45, 7) is 2.43. The molecule has 0 bridgehead atoms. The number of aryl methyl sites for hydroxylation is 2. The van der Waals surface area contributed by atoms with E-state index in [1.165, 1.54) is 21.1 Å². The third kappa shape index (κ3) is 4.71. The van der Waals surface area contributed by atoms with Crippen LogP contribution in [0.5, 0.6) is 0 Å². The Kier molecular flexibility index (Phi) is 6.25. The van der Waals surface area contributed by atoms with Crippen molar-refractivity contribution in [1.82, 2.24) is 28.4 Å². The quantitative estimate of drug-likeness (QED) is 0.548. The number of hydrogen-bond acceptors (Lipinski definition) is 5. The largest absolute Gasteiger partial charge is 0.417 e. The van der Waals surface area contributed by atoms with E-state index in [9.17, 15) is 26.4 Å². The molecule has 3 aromatic rings. The van der Waals surface area contributed by atoms with E-state index in [1.54, 1.807) is 24.7 Å². The predicted molar refractivity (Wildman–Crippen MR) is 119 cm³/mol. The first-order valence-electron chi connectivity index (χ1n) is 10.6. The number of piperidine rings is 1. The van der Waals surface area contributed by atoms with Gasteiger partial charge in [0.1, 0.15) is 11.5 Å². The van der Waals surface area contributed by atoms with Crippen LogP contribution in [-0.2, 0) is 28.2 Å². The molecule has 1 amide bonds. The normalized spacial score (nSPS) is 15.9. The summed E-state index contributed by atoms with van der Waals surface area (Å²) in [6, 6.07) is 2.52. The van der Waals surface area contributed by atoms with E-state index >= 15 is 0 Å². The molecule has 0 unspecified atom stereocenters. The van der Waals surface area contributed by atoms with Crippen molar-refractivity contribution in [3.8, 4) is 5.82 Å². The highest BCUT2D eigenvalue weighted by Gasteiger charge is 2.31. The van der Waals surface area contributed by atoms with Gasteiger partial charge < -0.3 is 0 Å². The molecule has 9 nitrogen and oxygen atoms in total. The molecule has 1 N–H and O–H groups in total. The van der Waals surface area contributed by atoms with Crippen LogP contribution < -0.4 is 4.72 Å². The van der Waals surface area contributed by atoms with Gasteiger partial charge in [-0.05, 0) is 38.0 Å². The van der Waals surface area contributed by atoms with Gasteiger partial charge in [-0.2, -0.15) is 31.0 Å². The third-order valence-corrected chi connectivity index (χ3v) is 7.11. The van der Waals surface area contributed by atoms with Crippen molar-refractivity contribution < 1.29 is 26.4 Å². The van der Waals surface area contributed by atoms with Gasteiger partial charge in [0.2, 0.25) is 0 Å². The Hall–Kier alpha value is -3.19. The summed E-state index contributed by atoms with van der Waals surface area (Å²) in [4.78, 5) is 16.4. The molecule has 0 saturated carbocycles. The van der Waals surface area contributed by atoms with Gasteiger partial charge in [0, 0.05) is 49.6 Å². The molecule has 0 aliphatic carbocycles. The first kappa shape index (κ1) is 24.0. The maximum atomic E-state index is 13.0. The fraction of sp³-hybridized carbons (Fsp3) is 0.381. The number of pyridine rings is 1. The summed E-state index contributed by atoms with van der Waals surface area (Å²) in [6.07, 6.45) is 2.76.